The van der Waals surface area contributed by atoms with E-state index in [0.29, 0.717) is 22.0 Å². The molecule has 0 unspecified atom stereocenters. The third kappa shape index (κ3) is 4.24. The maximum Gasteiger partial charge on any atom is 0.323 e. The molecule has 0 radical (unpaired) electrons. The molecule has 6 nitrogen and oxygen atoms in total. The lowest BCUT2D eigenvalue weighted by Crippen LogP contribution is -2.19. The van der Waals surface area contributed by atoms with E-state index in [1.165, 1.54) is 6.92 Å². The van der Waals surface area contributed by atoms with E-state index in [0.717, 1.165) is 5.69 Å². The maximum atomic E-state index is 12.1. The first-order valence-corrected chi connectivity index (χ1v) is 7.89. The van der Waals surface area contributed by atoms with Gasteiger partial charge in [0.25, 0.3) is 0 Å². The van der Waals surface area contributed by atoms with Gasteiger partial charge in [0, 0.05) is 23.1 Å². The van der Waals surface area contributed by atoms with Gasteiger partial charge in [0.1, 0.15) is 0 Å². The van der Waals surface area contributed by atoms with Crippen molar-refractivity contribution in [2.45, 2.75) is 6.92 Å². The summed E-state index contributed by atoms with van der Waals surface area (Å²) in [6, 6.07) is 13.5. The SMILES string of the molecule is CC(=O)c1cccc(NC(=O)Nc2ccc(-n3cc(Cl)cn3)cc2)c1. The smallest absolute Gasteiger partial charge is 0.308 e. The van der Waals surface area contributed by atoms with Gasteiger partial charge < -0.3 is 10.6 Å². The minimum absolute atomic E-state index is 0.0571. The lowest BCUT2D eigenvalue weighted by Gasteiger charge is -2.09. The number of urea groups is 1. The summed E-state index contributed by atoms with van der Waals surface area (Å²) in [5.41, 5.74) is 2.54. The number of carbonyl (C=O) groups excluding carboxylic acids is 2. The van der Waals surface area contributed by atoms with Crippen molar-refractivity contribution in [2.24, 2.45) is 0 Å². The lowest BCUT2D eigenvalue weighted by molar-refractivity contribution is 0.101. The summed E-state index contributed by atoms with van der Waals surface area (Å²) in [4.78, 5) is 23.5. The molecule has 0 atom stereocenters. The first kappa shape index (κ1) is 16.7. The van der Waals surface area contributed by atoms with Gasteiger partial charge in [-0.1, -0.05) is 23.7 Å². The van der Waals surface area contributed by atoms with Crippen LogP contribution in [0.5, 0.6) is 0 Å². The molecule has 0 saturated heterocycles. The number of anilines is 2. The molecule has 0 aliphatic carbocycles. The second kappa shape index (κ2) is 7.19. The molecule has 0 bridgehead atoms. The highest BCUT2D eigenvalue weighted by molar-refractivity contribution is 6.30. The Morgan fingerprint density at radius 3 is 2.40 bits per heavy atom. The van der Waals surface area contributed by atoms with Crippen LogP contribution in [0.1, 0.15) is 17.3 Å². The van der Waals surface area contributed by atoms with Crippen molar-refractivity contribution in [3.63, 3.8) is 0 Å². The molecule has 0 fully saturated rings. The first-order chi connectivity index (χ1) is 12.0. The van der Waals surface area contributed by atoms with Gasteiger partial charge in [0.05, 0.1) is 16.9 Å². The van der Waals surface area contributed by atoms with Crippen molar-refractivity contribution in [3.05, 3.63) is 71.5 Å². The van der Waals surface area contributed by atoms with E-state index < -0.39 is 6.03 Å². The second-order valence-corrected chi connectivity index (χ2v) is 5.80. The number of rotatable bonds is 4. The van der Waals surface area contributed by atoms with Crippen LogP contribution in [0.3, 0.4) is 0 Å². The highest BCUT2D eigenvalue weighted by atomic mass is 35.5. The molecule has 126 valence electrons. The summed E-state index contributed by atoms with van der Waals surface area (Å²) < 4.78 is 1.64. The Balaban J connectivity index is 1.65. The summed E-state index contributed by atoms with van der Waals surface area (Å²) in [6.45, 7) is 1.48. The van der Waals surface area contributed by atoms with Crippen LogP contribution in [0.4, 0.5) is 16.2 Å². The van der Waals surface area contributed by atoms with Gasteiger partial charge in [-0.3, -0.25) is 4.79 Å². The Labute approximate surface area is 149 Å². The number of benzene rings is 2. The summed E-state index contributed by atoms with van der Waals surface area (Å²) in [5.74, 6) is -0.0571. The van der Waals surface area contributed by atoms with E-state index >= 15 is 0 Å². The van der Waals surface area contributed by atoms with E-state index in [4.69, 9.17) is 11.6 Å². The van der Waals surface area contributed by atoms with Crippen molar-refractivity contribution in [1.29, 1.82) is 0 Å². The molecule has 7 heteroatoms. The Morgan fingerprint density at radius 2 is 1.76 bits per heavy atom. The largest absolute Gasteiger partial charge is 0.323 e. The normalized spacial score (nSPS) is 10.3. The fraction of sp³-hybridized carbons (Fsp3) is 0.0556. The predicted molar refractivity (Wildman–Crippen MR) is 97.7 cm³/mol. The van der Waals surface area contributed by atoms with Gasteiger partial charge in [-0.2, -0.15) is 5.10 Å². The van der Waals surface area contributed by atoms with E-state index in [-0.39, 0.29) is 5.78 Å². The first-order valence-electron chi connectivity index (χ1n) is 7.51. The molecule has 1 heterocycles. The van der Waals surface area contributed by atoms with Crippen molar-refractivity contribution in [1.82, 2.24) is 9.78 Å². The molecule has 2 aromatic carbocycles. The molecule has 1 aromatic heterocycles. The maximum absolute atomic E-state index is 12.1. The van der Waals surface area contributed by atoms with E-state index in [2.05, 4.69) is 15.7 Å². The van der Waals surface area contributed by atoms with Crippen molar-refractivity contribution in [2.75, 3.05) is 10.6 Å². The number of aromatic nitrogens is 2. The van der Waals surface area contributed by atoms with Gasteiger partial charge in [0.15, 0.2) is 5.78 Å². The summed E-state index contributed by atoms with van der Waals surface area (Å²) in [5, 5.41) is 10.1. The third-order valence-corrected chi connectivity index (χ3v) is 3.66. The molecule has 2 N–H and O–H groups in total. The summed E-state index contributed by atoms with van der Waals surface area (Å²) in [7, 11) is 0. The van der Waals surface area contributed by atoms with E-state index in [1.54, 1.807) is 53.5 Å². The van der Waals surface area contributed by atoms with Crippen LogP contribution >= 0.6 is 11.6 Å². The molecule has 2 amide bonds. The predicted octanol–water partition coefficient (Wildman–Crippen LogP) is 4.37. The van der Waals surface area contributed by atoms with Crippen LogP contribution in [0.2, 0.25) is 5.02 Å². The van der Waals surface area contributed by atoms with Gasteiger partial charge in [0.2, 0.25) is 0 Å². The Hall–Kier alpha value is -3.12. The summed E-state index contributed by atoms with van der Waals surface area (Å²) in [6.07, 6.45) is 3.25. The number of hydrogen-bond donors (Lipinski definition) is 2. The number of hydrogen-bond acceptors (Lipinski definition) is 3. The van der Waals surface area contributed by atoms with Crippen LogP contribution in [0, 0.1) is 0 Å². The quantitative estimate of drug-likeness (QED) is 0.683. The molecular weight excluding hydrogens is 340 g/mol. The number of nitrogens with one attached hydrogen (secondary N) is 2. The molecule has 0 aliphatic heterocycles. The molecule has 0 saturated carbocycles. The fourth-order valence-electron chi connectivity index (χ4n) is 2.25. The summed E-state index contributed by atoms with van der Waals surface area (Å²) >= 11 is 5.85. The van der Waals surface area contributed by atoms with Crippen molar-refractivity contribution in [3.8, 4) is 5.69 Å². The molecule has 25 heavy (non-hydrogen) atoms. The van der Waals surface area contributed by atoms with Gasteiger partial charge >= 0.3 is 6.03 Å². The van der Waals surface area contributed by atoms with Gasteiger partial charge in [-0.05, 0) is 43.3 Å². The third-order valence-electron chi connectivity index (χ3n) is 3.47. The highest BCUT2D eigenvalue weighted by Gasteiger charge is 2.06. The Morgan fingerprint density at radius 1 is 1.04 bits per heavy atom. The number of Topliss-reactive ketones (excluding diaryl/α,β-unsaturated/α-hetero) is 1. The topological polar surface area (TPSA) is 76.0 Å². The minimum atomic E-state index is -0.393. The molecule has 0 spiro atoms. The molecular formula is C18H15ClN4O2. The molecule has 0 aliphatic rings. The molecule has 3 aromatic rings. The van der Waals surface area contributed by atoms with E-state index in [9.17, 15) is 9.59 Å². The van der Waals surface area contributed by atoms with Crippen molar-refractivity contribution >= 4 is 34.8 Å². The molecule has 3 rings (SSSR count). The standard InChI is InChI=1S/C18H15ClN4O2/c1-12(24)13-3-2-4-16(9-13)22-18(25)21-15-5-7-17(8-6-15)23-11-14(19)10-20-23/h2-11H,1H3,(H2,21,22,25). The fourth-order valence-corrected chi connectivity index (χ4v) is 2.39. The van der Waals surface area contributed by atoms with E-state index in [1.807, 2.05) is 12.1 Å². The number of ketones is 1. The zero-order chi connectivity index (χ0) is 17.8. The number of nitrogens with zero attached hydrogens (tertiary/aromatic N) is 2. The van der Waals surface area contributed by atoms with Crippen LogP contribution in [0.15, 0.2) is 60.9 Å². The average Bonchev–Trinajstić information content (AvgIpc) is 3.02. The number of amides is 2. The minimum Gasteiger partial charge on any atom is -0.308 e. The average molecular weight is 355 g/mol. The zero-order valence-corrected chi connectivity index (χ0v) is 14.1. The van der Waals surface area contributed by atoms with Crippen molar-refractivity contribution < 1.29 is 9.59 Å². The van der Waals surface area contributed by atoms with Crippen LogP contribution < -0.4 is 10.6 Å². The van der Waals surface area contributed by atoms with Crippen LogP contribution in [-0.2, 0) is 0 Å². The monoisotopic (exact) mass is 354 g/mol. The van der Waals surface area contributed by atoms with Gasteiger partial charge in [-0.15, -0.1) is 0 Å². The van der Waals surface area contributed by atoms with Gasteiger partial charge in [-0.25, -0.2) is 9.48 Å². The lowest BCUT2D eigenvalue weighted by atomic mass is 10.1. The Bertz CT molecular complexity index is 919. The zero-order valence-electron chi connectivity index (χ0n) is 13.4. The number of halogens is 1. The van der Waals surface area contributed by atoms with Crippen LogP contribution in [0.25, 0.3) is 5.69 Å². The number of carbonyl (C=O) groups is 2. The van der Waals surface area contributed by atoms with Crippen LogP contribution in [-0.4, -0.2) is 21.6 Å². The Kier molecular flexibility index (Phi) is 4.81. The highest BCUT2D eigenvalue weighted by Crippen LogP contribution is 2.16. The second-order valence-electron chi connectivity index (χ2n) is 5.37.